The van der Waals surface area contributed by atoms with Gasteiger partial charge in [-0.15, -0.1) is 0 Å². The van der Waals surface area contributed by atoms with Crippen LogP contribution in [-0.2, 0) is 17.9 Å². The van der Waals surface area contributed by atoms with Crippen molar-refractivity contribution in [3.05, 3.63) is 42.1 Å². The quantitative estimate of drug-likeness (QED) is 0.852. The molecule has 19 heavy (non-hydrogen) atoms. The lowest BCUT2D eigenvalue weighted by Gasteiger charge is -2.17. The summed E-state index contributed by atoms with van der Waals surface area (Å²) in [6.07, 6.45) is 1.65. The molecule has 0 aliphatic rings. The number of aromatic nitrogens is 2. The van der Waals surface area contributed by atoms with Gasteiger partial charge in [0.05, 0.1) is 0 Å². The minimum absolute atomic E-state index is 0.105. The fourth-order valence-corrected chi connectivity index (χ4v) is 1.71. The summed E-state index contributed by atoms with van der Waals surface area (Å²) in [6.45, 7) is 0.476. The van der Waals surface area contributed by atoms with Crippen molar-refractivity contribution in [3.8, 4) is 5.75 Å². The number of hydrogen-bond donors (Lipinski definition) is 2. The number of aromatic hydroxyl groups is 1. The zero-order chi connectivity index (χ0) is 13.8. The zero-order valence-electron chi connectivity index (χ0n) is 10.7. The zero-order valence-corrected chi connectivity index (χ0v) is 10.7. The van der Waals surface area contributed by atoms with Crippen LogP contribution >= 0.6 is 0 Å². The van der Waals surface area contributed by atoms with Gasteiger partial charge in [0.25, 0.3) is 0 Å². The second kappa shape index (κ2) is 5.43. The predicted octanol–water partition coefficient (Wildman–Crippen LogP) is 0.829. The van der Waals surface area contributed by atoms with Crippen LogP contribution in [0.15, 0.2) is 36.5 Å². The van der Waals surface area contributed by atoms with Crippen LogP contribution in [0.4, 0.5) is 5.82 Å². The van der Waals surface area contributed by atoms with E-state index in [1.807, 2.05) is 6.07 Å². The summed E-state index contributed by atoms with van der Waals surface area (Å²) in [6, 6.07) is 8.58. The smallest absolute Gasteiger partial charge is 0.244 e. The van der Waals surface area contributed by atoms with Crippen molar-refractivity contribution in [2.24, 2.45) is 0 Å². The number of hydrogen-bond acceptors (Lipinski definition) is 4. The topological polar surface area (TPSA) is 84.4 Å². The van der Waals surface area contributed by atoms with E-state index in [1.54, 1.807) is 37.5 Å². The molecule has 0 saturated heterocycles. The van der Waals surface area contributed by atoms with E-state index in [9.17, 15) is 9.90 Å². The van der Waals surface area contributed by atoms with Crippen LogP contribution in [-0.4, -0.2) is 32.7 Å². The number of anilines is 1. The van der Waals surface area contributed by atoms with Crippen molar-refractivity contribution in [3.63, 3.8) is 0 Å². The predicted molar refractivity (Wildman–Crippen MR) is 71.2 cm³/mol. The Labute approximate surface area is 111 Å². The Hall–Kier alpha value is -2.50. The number of phenolic OH excluding ortho intramolecular Hbond substituents is 1. The van der Waals surface area contributed by atoms with Crippen molar-refractivity contribution in [2.75, 3.05) is 12.8 Å². The molecule has 0 aliphatic carbocycles. The average Bonchev–Trinajstić information content (AvgIpc) is 2.77. The summed E-state index contributed by atoms with van der Waals surface area (Å²) < 4.78 is 1.49. The third-order valence-electron chi connectivity index (χ3n) is 2.78. The normalized spacial score (nSPS) is 10.4. The van der Waals surface area contributed by atoms with E-state index in [0.29, 0.717) is 17.9 Å². The Morgan fingerprint density at radius 2 is 2.16 bits per heavy atom. The molecule has 1 heterocycles. The van der Waals surface area contributed by atoms with Crippen LogP contribution < -0.4 is 5.73 Å². The molecule has 2 aromatic rings. The Morgan fingerprint density at radius 3 is 2.79 bits per heavy atom. The molecule has 0 aliphatic heterocycles. The van der Waals surface area contributed by atoms with E-state index in [2.05, 4.69) is 5.10 Å². The van der Waals surface area contributed by atoms with E-state index in [4.69, 9.17) is 5.73 Å². The highest BCUT2D eigenvalue weighted by Crippen LogP contribution is 2.17. The van der Waals surface area contributed by atoms with E-state index in [0.717, 1.165) is 0 Å². The maximum Gasteiger partial charge on any atom is 0.244 e. The Morgan fingerprint density at radius 1 is 1.42 bits per heavy atom. The second-order valence-corrected chi connectivity index (χ2v) is 4.32. The maximum absolute atomic E-state index is 12.0. The largest absolute Gasteiger partial charge is 0.508 e. The number of nitrogen functional groups attached to an aromatic ring is 1. The Kier molecular flexibility index (Phi) is 3.70. The van der Waals surface area contributed by atoms with Gasteiger partial charge >= 0.3 is 0 Å². The number of likely N-dealkylation sites (N-methyl/N-ethyl adjacent to an activating group) is 1. The van der Waals surface area contributed by atoms with Crippen LogP contribution in [0.1, 0.15) is 5.56 Å². The van der Waals surface area contributed by atoms with Gasteiger partial charge in [0.2, 0.25) is 5.91 Å². The molecule has 1 amide bonds. The first kappa shape index (κ1) is 12.9. The number of para-hydroxylation sites is 1. The number of rotatable bonds is 4. The van der Waals surface area contributed by atoms with Gasteiger partial charge in [-0.1, -0.05) is 18.2 Å². The molecule has 0 bridgehead atoms. The summed E-state index contributed by atoms with van der Waals surface area (Å²) >= 11 is 0. The molecular formula is C13H16N4O2. The lowest BCUT2D eigenvalue weighted by molar-refractivity contribution is -0.131. The highest BCUT2D eigenvalue weighted by molar-refractivity contribution is 5.75. The van der Waals surface area contributed by atoms with Gasteiger partial charge in [0.15, 0.2) is 0 Å². The monoisotopic (exact) mass is 260 g/mol. The van der Waals surface area contributed by atoms with E-state index < -0.39 is 0 Å². The number of nitrogens with zero attached hydrogens (tertiary/aromatic N) is 3. The molecule has 6 nitrogen and oxygen atoms in total. The van der Waals surface area contributed by atoms with E-state index in [1.165, 1.54) is 9.58 Å². The van der Waals surface area contributed by atoms with Crippen LogP contribution in [0.2, 0.25) is 0 Å². The minimum Gasteiger partial charge on any atom is -0.508 e. The molecule has 1 aromatic heterocycles. The summed E-state index contributed by atoms with van der Waals surface area (Å²) in [5.74, 6) is 0.466. The third kappa shape index (κ3) is 3.25. The fraction of sp³-hybridized carbons (Fsp3) is 0.231. The van der Waals surface area contributed by atoms with Gasteiger partial charge in [-0.05, 0) is 12.1 Å². The van der Waals surface area contributed by atoms with Gasteiger partial charge < -0.3 is 15.7 Å². The van der Waals surface area contributed by atoms with Crippen LogP contribution in [0.25, 0.3) is 0 Å². The maximum atomic E-state index is 12.0. The first-order valence-corrected chi connectivity index (χ1v) is 5.86. The number of benzene rings is 1. The Bertz CT molecular complexity index is 580. The van der Waals surface area contributed by atoms with Crippen molar-refractivity contribution in [2.45, 2.75) is 13.1 Å². The lowest BCUT2D eigenvalue weighted by Crippen LogP contribution is -2.30. The average molecular weight is 260 g/mol. The van der Waals surface area contributed by atoms with Crippen molar-refractivity contribution in [1.82, 2.24) is 14.7 Å². The molecule has 0 radical (unpaired) electrons. The number of phenols is 1. The van der Waals surface area contributed by atoms with Crippen LogP contribution in [0, 0.1) is 0 Å². The first-order chi connectivity index (χ1) is 9.06. The van der Waals surface area contributed by atoms with Crippen molar-refractivity contribution < 1.29 is 9.90 Å². The highest BCUT2D eigenvalue weighted by atomic mass is 16.3. The SMILES string of the molecule is CN(Cc1ccccc1O)C(=O)Cn1ccc(N)n1. The molecule has 100 valence electrons. The van der Waals surface area contributed by atoms with E-state index in [-0.39, 0.29) is 18.2 Å². The fourth-order valence-electron chi connectivity index (χ4n) is 1.71. The lowest BCUT2D eigenvalue weighted by atomic mass is 10.2. The molecule has 0 atom stereocenters. The van der Waals surface area contributed by atoms with Crippen molar-refractivity contribution >= 4 is 11.7 Å². The van der Waals surface area contributed by atoms with Crippen LogP contribution in [0.5, 0.6) is 5.75 Å². The summed E-state index contributed by atoms with van der Waals surface area (Å²) in [4.78, 5) is 13.5. The summed E-state index contributed by atoms with van der Waals surface area (Å²) in [7, 11) is 1.68. The molecule has 3 N–H and O–H groups in total. The molecule has 0 saturated carbocycles. The molecule has 0 spiro atoms. The highest BCUT2D eigenvalue weighted by Gasteiger charge is 2.12. The molecule has 1 aromatic carbocycles. The number of carbonyl (C=O) groups excluding carboxylic acids is 1. The van der Waals surface area contributed by atoms with E-state index >= 15 is 0 Å². The third-order valence-corrected chi connectivity index (χ3v) is 2.78. The van der Waals surface area contributed by atoms with Gasteiger partial charge in [-0.2, -0.15) is 5.10 Å². The summed E-state index contributed by atoms with van der Waals surface area (Å²) in [5.41, 5.74) is 6.19. The molecule has 0 unspecified atom stereocenters. The number of nitrogens with two attached hydrogens (primary N) is 1. The van der Waals surface area contributed by atoms with Gasteiger partial charge in [0, 0.05) is 25.4 Å². The van der Waals surface area contributed by atoms with Crippen LogP contribution in [0.3, 0.4) is 0 Å². The van der Waals surface area contributed by atoms with Gasteiger partial charge in [0.1, 0.15) is 18.1 Å². The van der Waals surface area contributed by atoms with Gasteiger partial charge in [-0.25, -0.2) is 0 Å². The summed E-state index contributed by atoms with van der Waals surface area (Å²) in [5, 5.41) is 13.6. The molecule has 0 fully saturated rings. The molecule has 6 heteroatoms. The number of carbonyl (C=O) groups is 1. The minimum atomic E-state index is -0.105. The molecular weight excluding hydrogens is 244 g/mol. The second-order valence-electron chi connectivity index (χ2n) is 4.32. The standard InChI is InChI=1S/C13H16N4O2/c1-16(8-10-4-2-3-5-11(10)18)13(19)9-17-7-6-12(14)15-17/h2-7,18H,8-9H2,1H3,(H2,14,15). The Balaban J connectivity index is 1.98. The molecule has 2 rings (SSSR count). The number of amides is 1. The first-order valence-electron chi connectivity index (χ1n) is 5.86. The van der Waals surface area contributed by atoms with Gasteiger partial charge in [-0.3, -0.25) is 9.48 Å². The van der Waals surface area contributed by atoms with Crippen molar-refractivity contribution in [1.29, 1.82) is 0 Å².